The Morgan fingerprint density at radius 3 is 1.43 bits per heavy atom. The Balaban J connectivity index is 4.63. The topological polar surface area (TPSA) is 3.24 Å². The molecular weight excluding hydrogens is 172 g/mol. The van der Waals surface area contributed by atoms with Crippen LogP contribution in [0.15, 0.2) is 0 Å². The maximum Gasteiger partial charge on any atom is 0.142 e. The fourth-order valence-corrected chi connectivity index (χ4v) is 2.56. The number of rotatable bonds is 7. The van der Waals surface area contributed by atoms with Crippen molar-refractivity contribution in [2.75, 3.05) is 32.7 Å². The molecule has 0 N–H and O–H groups in total. The molecule has 0 radical (unpaired) electrons. The molecule has 0 heterocycles. The minimum Gasteiger partial charge on any atom is -0.310 e. The highest BCUT2D eigenvalue weighted by atomic mass is 15.5. The molecule has 0 aromatic heterocycles. The molecule has 0 spiro atoms. The van der Waals surface area contributed by atoms with E-state index in [9.17, 15) is 0 Å². The molecule has 1 atom stereocenters. The summed E-state index contributed by atoms with van der Waals surface area (Å²) in [5, 5.41) is 0. The van der Waals surface area contributed by atoms with Gasteiger partial charge in [-0.1, -0.05) is 13.8 Å². The maximum absolute atomic E-state index is 2.57. The lowest BCUT2D eigenvalue weighted by atomic mass is 10.2. The highest BCUT2D eigenvalue weighted by Gasteiger charge is 2.31. The Hall–Kier alpha value is -0.0800. The summed E-state index contributed by atoms with van der Waals surface area (Å²) in [7, 11) is 0. The molecule has 2 heteroatoms. The largest absolute Gasteiger partial charge is 0.310 e. The van der Waals surface area contributed by atoms with Crippen LogP contribution >= 0.6 is 0 Å². The first-order chi connectivity index (χ1) is 6.61. The molecule has 0 aliphatic carbocycles. The molecule has 0 saturated carbocycles. The van der Waals surface area contributed by atoms with E-state index < -0.39 is 0 Å². The van der Waals surface area contributed by atoms with Crippen LogP contribution in [-0.2, 0) is 0 Å². The monoisotopic (exact) mass is 201 g/mol. The summed E-state index contributed by atoms with van der Waals surface area (Å²) >= 11 is 0. The average Bonchev–Trinajstić information content (AvgIpc) is 2.23. The van der Waals surface area contributed by atoms with Gasteiger partial charge in [0.2, 0.25) is 0 Å². The van der Waals surface area contributed by atoms with E-state index in [0.29, 0.717) is 6.17 Å². The normalized spacial score (nSPS) is 14.8. The number of quaternary nitrogens is 1. The summed E-state index contributed by atoms with van der Waals surface area (Å²) < 4.78 is 1.22. The predicted octanol–water partition coefficient (Wildman–Crippen LogP) is 2.55. The van der Waals surface area contributed by atoms with Crippen LogP contribution in [0, 0.1) is 0 Å². The third kappa shape index (κ3) is 2.71. The standard InChI is InChI=1S/C12H29N2/c1-7-13(8-2)12(6)14(9-3,10-4)11-5/h12H,7-11H2,1-6H3/q+1. The summed E-state index contributed by atoms with van der Waals surface area (Å²) in [6.07, 6.45) is 0.657. The van der Waals surface area contributed by atoms with E-state index in [0.717, 1.165) is 13.1 Å². The van der Waals surface area contributed by atoms with Crippen molar-refractivity contribution in [3.63, 3.8) is 0 Å². The fraction of sp³-hybridized carbons (Fsp3) is 1.00. The molecule has 0 amide bonds. The molecule has 86 valence electrons. The SMILES string of the molecule is CCN(CC)C(C)[N+](CC)(CC)CC. The lowest BCUT2D eigenvalue weighted by Crippen LogP contribution is -2.60. The first kappa shape index (κ1) is 13.9. The van der Waals surface area contributed by atoms with Crippen molar-refractivity contribution in [2.45, 2.75) is 47.7 Å². The first-order valence-electron chi connectivity index (χ1n) is 6.21. The van der Waals surface area contributed by atoms with Crippen molar-refractivity contribution in [3.8, 4) is 0 Å². The molecule has 0 aliphatic heterocycles. The molecule has 14 heavy (non-hydrogen) atoms. The minimum atomic E-state index is 0.657. The molecule has 1 unspecified atom stereocenters. The van der Waals surface area contributed by atoms with E-state index in [2.05, 4.69) is 46.4 Å². The second kappa shape index (κ2) is 6.41. The molecule has 0 fully saturated rings. The molecule has 0 aliphatic rings. The fourth-order valence-electron chi connectivity index (χ4n) is 2.56. The Bertz CT molecular complexity index is 129. The van der Waals surface area contributed by atoms with Crippen molar-refractivity contribution in [3.05, 3.63) is 0 Å². The molecule has 0 saturated heterocycles. The van der Waals surface area contributed by atoms with E-state index in [-0.39, 0.29) is 0 Å². The van der Waals surface area contributed by atoms with Gasteiger partial charge < -0.3 is 4.48 Å². The highest BCUT2D eigenvalue weighted by Crippen LogP contribution is 2.16. The Morgan fingerprint density at radius 2 is 1.21 bits per heavy atom. The number of hydrogen-bond acceptors (Lipinski definition) is 1. The molecule has 2 nitrogen and oxygen atoms in total. The molecular formula is C12H29N2+. The minimum absolute atomic E-state index is 0.657. The van der Waals surface area contributed by atoms with Gasteiger partial charge in [0.25, 0.3) is 0 Å². The van der Waals surface area contributed by atoms with Crippen LogP contribution < -0.4 is 0 Å². The first-order valence-corrected chi connectivity index (χ1v) is 6.21. The summed E-state index contributed by atoms with van der Waals surface area (Å²) in [6.45, 7) is 19.9. The molecule has 0 bridgehead atoms. The van der Waals surface area contributed by atoms with Crippen LogP contribution in [-0.4, -0.2) is 48.3 Å². The molecule has 0 rings (SSSR count). The van der Waals surface area contributed by atoms with Gasteiger partial charge in [0, 0.05) is 20.0 Å². The van der Waals surface area contributed by atoms with Gasteiger partial charge in [0.15, 0.2) is 0 Å². The summed E-state index contributed by atoms with van der Waals surface area (Å²) in [6, 6.07) is 0. The lowest BCUT2D eigenvalue weighted by Gasteiger charge is -2.45. The van der Waals surface area contributed by atoms with Gasteiger partial charge in [-0.15, -0.1) is 0 Å². The zero-order chi connectivity index (χ0) is 11.2. The van der Waals surface area contributed by atoms with Crippen molar-refractivity contribution in [1.29, 1.82) is 0 Å². The van der Waals surface area contributed by atoms with Gasteiger partial charge in [-0.2, -0.15) is 0 Å². The van der Waals surface area contributed by atoms with Gasteiger partial charge in [-0.3, -0.25) is 4.90 Å². The average molecular weight is 201 g/mol. The maximum atomic E-state index is 2.57. The van der Waals surface area contributed by atoms with Crippen LogP contribution in [0.2, 0.25) is 0 Å². The van der Waals surface area contributed by atoms with Crippen LogP contribution in [0.4, 0.5) is 0 Å². The zero-order valence-corrected chi connectivity index (χ0v) is 11.0. The Labute approximate surface area is 90.5 Å². The smallest absolute Gasteiger partial charge is 0.142 e. The van der Waals surface area contributed by atoms with Crippen molar-refractivity contribution >= 4 is 0 Å². The van der Waals surface area contributed by atoms with Gasteiger partial charge >= 0.3 is 0 Å². The van der Waals surface area contributed by atoms with Crippen molar-refractivity contribution < 1.29 is 4.48 Å². The quantitative estimate of drug-likeness (QED) is 0.452. The van der Waals surface area contributed by atoms with Gasteiger partial charge in [-0.05, 0) is 20.8 Å². The third-order valence-corrected chi connectivity index (χ3v) is 4.02. The number of nitrogens with zero attached hydrogens (tertiary/aromatic N) is 2. The van der Waals surface area contributed by atoms with Crippen LogP contribution in [0.1, 0.15) is 41.5 Å². The Kier molecular flexibility index (Phi) is 6.38. The van der Waals surface area contributed by atoms with Gasteiger partial charge in [-0.25, -0.2) is 0 Å². The van der Waals surface area contributed by atoms with E-state index in [1.165, 1.54) is 24.1 Å². The third-order valence-electron chi connectivity index (χ3n) is 4.02. The van der Waals surface area contributed by atoms with Crippen LogP contribution in [0.3, 0.4) is 0 Å². The van der Waals surface area contributed by atoms with Gasteiger partial charge in [0.05, 0.1) is 19.6 Å². The Morgan fingerprint density at radius 1 is 0.857 bits per heavy atom. The number of hydrogen-bond donors (Lipinski definition) is 0. The summed E-state index contributed by atoms with van der Waals surface area (Å²) in [5.41, 5.74) is 0. The van der Waals surface area contributed by atoms with E-state index in [4.69, 9.17) is 0 Å². The molecule has 0 aromatic rings. The van der Waals surface area contributed by atoms with Crippen LogP contribution in [0.25, 0.3) is 0 Å². The second-order valence-corrected chi connectivity index (χ2v) is 4.02. The van der Waals surface area contributed by atoms with E-state index in [1.807, 2.05) is 0 Å². The summed E-state index contributed by atoms with van der Waals surface area (Å²) in [4.78, 5) is 2.57. The van der Waals surface area contributed by atoms with Gasteiger partial charge in [0.1, 0.15) is 6.17 Å². The predicted molar refractivity (Wildman–Crippen MR) is 64.3 cm³/mol. The van der Waals surface area contributed by atoms with Crippen molar-refractivity contribution in [1.82, 2.24) is 4.90 Å². The van der Waals surface area contributed by atoms with E-state index in [1.54, 1.807) is 0 Å². The van der Waals surface area contributed by atoms with Crippen LogP contribution in [0.5, 0.6) is 0 Å². The zero-order valence-electron chi connectivity index (χ0n) is 11.0. The lowest BCUT2D eigenvalue weighted by molar-refractivity contribution is -0.955. The van der Waals surface area contributed by atoms with Crippen molar-refractivity contribution in [2.24, 2.45) is 0 Å². The van der Waals surface area contributed by atoms with E-state index >= 15 is 0 Å². The second-order valence-electron chi connectivity index (χ2n) is 4.02. The summed E-state index contributed by atoms with van der Waals surface area (Å²) in [5.74, 6) is 0. The molecule has 0 aromatic carbocycles. The highest BCUT2D eigenvalue weighted by molar-refractivity contribution is 4.56.